The molecule has 10 heteroatoms. The molecule has 0 aliphatic rings. The fraction of sp³-hybridized carbons (Fsp3) is 0.462. The van der Waals surface area contributed by atoms with Crippen LogP contribution in [0.4, 0.5) is 0 Å². The van der Waals surface area contributed by atoms with Crippen molar-refractivity contribution in [1.29, 1.82) is 0 Å². The van der Waals surface area contributed by atoms with E-state index in [0.29, 0.717) is 5.75 Å². The van der Waals surface area contributed by atoms with Crippen LogP contribution in [0.15, 0.2) is 18.2 Å². The molecule has 0 aromatic heterocycles. The van der Waals surface area contributed by atoms with Gasteiger partial charge in [0, 0.05) is 0 Å². The third-order valence-corrected chi connectivity index (χ3v) is 3.43. The molecule has 2 N–H and O–H groups in total. The molecule has 130 valence electrons. The Kier molecular flexibility index (Phi) is 7.84. The lowest BCUT2D eigenvalue weighted by atomic mass is 10.3. The molecule has 0 aliphatic carbocycles. The predicted molar refractivity (Wildman–Crippen MR) is 80.6 cm³/mol. The third kappa shape index (κ3) is 6.45. The van der Waals surface area contributed by atoms with Gasteiger partial charge in [0.2, 0.25) is 11.5 Å². The van der Waals surface area contributed by atoms with E-state index in [4.69, 9.17) is 14.4 Å². The molecule has 0 fully saturated rings. The van der Waals surface area contributed by atoms with E-state index in [9.17, 15) is 14.3 Å². The number of rotatable bonds is 10. The minimum Gasteiger partial charge on any atom is -0.493 e. The average Bonchev–Trinajstić information content (AvgIpc) is 2.52. The number of carbonyl (C=O) groups excluding carboxylic acids is 1. The molecule has 0 amide bonds. The van der Waals surface area contributed by atoms with E-state index in [2.05, 4.69) is 14.7 Å². The number of methoxy groups -OCH3 is 2. The van der Waals surface area contributed by atoms with Crippen molar-refractivity contribution in [2.45, 2.75) is 6.92 Å². The van der Waals surface area contributed by atoms with Gasteiger partial charge in [-0.1, -0.05) is 10.7 Å². The third-order valence-electron chi connectivity index (χ3n) is 2.50. The Balaban J connectivity index is 2.56. The molecule has 23 heavy (non-hydrogen) atoms. The molecule has 0 saturated heterocycles. The minimum atomic E-state index is -4.12. The van der Waals surface area contributed by atoms with Crippen LogP contribution in [0.3, 0.4) is 0 Å². The maximum atomic E-state index is 11.8. The molecule has 0 heterocycles. The Morgan fingerprint density at radius 1 is 1.26 bits per heavy atom. The van der Waals surface area contributed by atoms with Gasteiger partial charge in [0.1, 0.15) is 6.29 Å². The summed E-state index contributed by atoms with van der Waals surface area (Å²) in [6.07, 6.45) is -0.488. The van der Waals surface area contributed by atoms with Crippen LogP contribution < -0.4 is 19.7 Å². The lowest BCUT2D eigenvalue weighted by Crippen LogP contribution is -2.26. The number of nitrogens with one attached hydrogen (secondary N) is 1. The first-order chi connectivity index (χ1) is 10.9. The maximum absolute atomic E-state index is 11.8. The monoisotopic (exact) mass is 349 g/mol. The summed E-state index contributed by atoms with van der Waals surface area (Å²) in [6.45, 7) is 1.67. The highest BCUT2D eigenvalue weighted by Crippen LogP contribution is 2.43. The molecule has 0 bridgehead atoms. The van der Waals surface area contributed by atoms with Crippen LogP contribution in [0, 0.1) is 0 Å². The van der Waals surface area contributed by atoms with Crippen LogP contribution in [0.2, 0.25) is 0 Å². The van der Waals surface area contributed by atoms with Crippen LogP contribution in [0.5, 0.6) is 17.2 Å². The van der Waals surface area contributed by atoms with Crippen molar-refractivity contribution in [2.24, 2.45) is 0 Å². The van der Waals surface area contributed by atoms with Crippen molar-refractivity contribution in [1.82, 2.24) is 5.32 Å². The highest BCUT2D eigenvalue weighted by Gasteiger charge is 2.23. The Morgan fingerprint density at radius 3 is 2.57 bits per heavy atom. The van der Waals surface area contributed by atoms with Gasteiger partial charge in [-0.2, -0.15) is 0 Å². The number of ether oxygens (including phenoxy) is 3. The van der Waals surface area contributed by atoms with Crippen LogP contribution in [0.25, 0.3) is 0 Å². The summed E-state index contributed by atoms with van der Waals surface area (Å²) < 4.78 is 31.2. The molecule has 0 radical (unpaired) electrons. The fourth-order valence-electron chi connectivity index (χ4n) is 1.56. The standard InChI is InChI=1S/C13H20NO8P/c1-4-20-12(15)8-14-9-23(16,17)22-21-11-7-5-6-10(18-2)13(11)19-3/h5-7,14H,4,8-9H2,1-3H3,(H,16,17). The second-order valence-corrected chi connectivity index (χ2v) is 5.92. The van der Waals surface area contributed by atoms with Crippen LogP contribution in [-0.4, -0.2) is 44.5 Å². The zero-order chi connectivity index (χ0) is 17.3. The first-order valence-corrected chi connectivity index (χ1v) is 8.45. The van der Waals surface area contributed by atoms with E-state index in [1.807, 2.05) is 0 Å². The quantitative estimate of drug-likeness (QED) is 0.279. The summed E-state index contributed by atoms with van der Waals surface area (Å²) in [6, 6.07) is 4.71. The van der Waals surface area contributed by atoms with Crippen molar-refractivity contribution in [3.63, 3.8) is 0 Å². The highest BCUT2D eigenvalue weighted by atomic mass is 31.2. The van der Waals surface area contributed by atoms with Crippen molar-refractivity contribution in [3.05, 3.63) is 18.2 Å². The second kappa shape index (κ2) is 9.36. The Morgan fingerprint density at radius 2 is 1.96 bits per heavy atom. The van der Waals surface area contributed by atoms with Crippen LogP contribution in [0.1, 0.15) is 6.92 Å². The number of benzene rings is 1. The van der Waals surface area contributed by atoms with Gasteiger partial charge < -0.3 is 24.0 Å². The summed E-state index contributed by atoms with van der Waals surface area (Å²) in [5, 5.41) is 2.45. The number of hydrogen-bond donors (Lipinski definition) is 2. The molecule has 0 spiro atoms. The molecule has 1 atom stereocenters. The van der Waals surface area contributed by atoms with Gasteiger partial charge in [-0.15, -0.1) is 0 Å². The van der Waals surface area contributed by atoms with E-state index in [1.165, 1.54) is 20.3 Å². The first kappa shape index (κ1) is 19.2. The smallest absolute Gasteiger partial charge is 0.379 e. The molecule has 9 nitrogen and oxygen atoms in total. The van der Waals surface area contributed by atoms with Crippen molar-refractivity contribution in [3.8, 4) is 17.2 Å². The predicted octanol–water partition coefficient (Wildman–Crippen LogP) is 1.31. The van der Waals surface area contributed by atoms with Gasteiger partial charge >= 0.3 is 13.6 Å². The number of para-hydroxylation sites is 1. The Labute approximate surface area is 133 Å². The van der Waals surface area contributed by atoms with E-state index in [0.717, 1.165) is 0 Å². The summed E-state index contributed by atoms with van der Waals surface area (Å²) >= 11 is 0. The molecule has 1 aromatic rings. The molecular weight excluding hydrogens is 329 g/mol. The van der Waals surface area contributed by atoms with E-state index in [1.54, 1.807) is 19.1 Å². The van der Waals surface area contributed by atoms with Gasteiger partial charge in [-0.05, 0) is 19.1 Å². The van der Waals surface area contributed by atoms with E-state index >= 15 is 0 Å². The average molecular weight is 349 g/mol. The van der Waals surface area contributed by atoms with Crippen molar-refractivity contribution in [2.75, 3.05) is 33.7 Å². The molecule has 1 rings (SSSR count). The summed E-state index contributed by atoms with van der Waals surface area (Å²) in [5.74, 6) is 0.130. The van der Waals surface area contributed by atoms with E-state index < -0.39 is 19.9 Å². The van der Waals surface area contributed by atoms with Crippen LogP contribution >= 0.6 is 7.60 Å². The number of carbonyl (C=O) groups is 1. The second-order valence-electron chi connectivity index (χ2n) is 4.18. The van der Waals surface area contributed by atoms with Gasteiger partial charge in [0.15, 0.2) is 5.75 Å². The number of hydrogen-bond acceptors (Lipinski definition) is 8. The SMILES string of the molecule is CCOC(=O)CNCP(=O)(O)OOc1cccc(OC)c1OC. The van der Waals surface area contributed by atoms with Crippen molar-refractivity contribution >= 4 is 13.6 Å². The van der Waals surface area contributed by atoms with Crippen molar-refractivity contribution < 1.29 is 38.0 Å². The van der Waals surface area contributed by atoms with Crippen LogP contribution in [-0.2, 0) is 18.8 Å². The normalized spacial score (nSPS) is 13.0. The summed E-state index contributed by atoms with van der Waals surface area (Å²) in [4.78, 5) is 25.6. The molecule has 0 saturated carbocycles. The largest absolute Gasteiger partial charge is 0.493 e. The van der Waals surface area contributed by atoms with Gasteiger partial charge in [0.25, 0.3) is 0 Å². The molecule has 0 aliphatic heterocycles. The number of esters is 1. The zero-order valence-corrected chi connectivity index (χ0v) is 14.0. The highest BCUT2D eigenvalue weighted by molar-refractivity contribution is 7.52. The molecule has 1 unspecified atom stereocenters. The Hall–Kier alpha value is -1.80. The lowest BCUT2D eigenvalue weighted by molar-refractivity contribution is -0.141. The fourth-order valence-corrected chi connectivity index (χ4v) is 2.20. The summed E-state index contributed by atoms with van der Waals surface area (Å²) in [5.41, 5.74) is 0. The zero-order valence-electron chi connectivity index (χ0n) is 13.1. The Bertz CT molecular complexity index is 565. The first-order valence-electron chi connectivity index (χ1n) is 6.69. The summed E-state index contributed by atoms with van der Waals surface area (Å²) in [7, 11) is -1.29. The molecule has 1 aromatic carbocycles. The topological polar surface area (TPSA) is 113 Å². The van der Waals surface area contributed by atoms with Gasteiger partial charge in [-0.25, -0.2) is 0 Å². The minimum absolute atomic E-state index is 0.0755. The lowest BCUT2D eigenvalue weighted by Gasteiger charge is -2.14. The van der Waals surface area contributed by atoms with Gasteiger partial charge in [-0.3, -0.25) is 14.7 Å². The maximum Gasteiger partial charge on any atom is 0.379 e. The molecular formula is C13H20NO8P. The van der Waals surface area contributed by atoms with Gasteiger partial charge in [0.05, 0.1) is 27.4 Å². The van der Waals surface area contributed by atoms with E-state index in [-0.39, 0.29) is 24.7 Å².